The van der Waals surface area contributed by atoms with Gasteiger partial charge in [-0.15, -0.1) is 0 Å². The summed E-state index contributed by atoms with van der Waals surface area (Å²) in [5, 5.41) is 10.3. The van der Waals surface area contributed by atoms with Crippen LogP contribution < -0.4 is 5.11 Å². The van der Waals surface area contributed by atoms with Gasteiger partial charge in [0.25, 0.3) is 0 Å². The first kappa shape index (κ1) is 15.6. The van der Waals surface area contributed by atoms with Gasteiger partial charge in [-0.25, -0.2) is 0 Å². The number of hydrogen-bond donors (Lipinski definition) is 0. The Morgan fingerprint density at radius 2 is 1.69 bits per heavy atom. The minimum atomic E-state index is -4.82. The molecule has 0 fully saturated rings. The van der Waals surface area contributed by atoms with Gasteiger partial charge in [0.05, 0.1) is 0 Å². The van der Waals surface area contributed by atoms with Gasteiger partial charge in [-0.2, -0.15) is 13.2 Å². The van der Waals surface area contributed by atoms with Crippen LogP contribution in [0.25, 0.3) is 0 Å². The largest absolute Gasteiger partial charge is 0.550 e. The predicted molar refractivity (Wildman–Crippen MR) is 53.0 cm³/mol. The Labute approximate surface area is 101 Å². The Balaban J connectivity index is 4.78. The summed E-state index contributed by atoms with van der Waals surface area (Å²) in [6.07, 6.45) is -3.70. The van der Waals surface area contributed by atoms with Gasteiger partial charge in [0.1, 0.15) is 0 Å². The molecule has 0 aromatic rings. The van der Waals surface area contributed by atoms with E-state index < -0.39 is 28.3 Å². The molecular formula is C9H10Cl2F3O2-. The van der Waals surface area contributed by atoms with Crippen LogP contribution in [-0.4, -0.2) is 16.5 Å². The fourth-order valence-corrected chi connectivity index (χ4v) is 0.982. The van der Waals surface area contributed by atoms with Crippen LogP contribution in [0, 0.1) is 5.41 Å². The standard InChI is InChI=1S/C9H11Cl2F3O2/c1-7(2,5-6(15)16)3-4-8(10,11)9(12,13)14/h3-4H,5H2,1-2H3,(H,15,16)/p-1/b4-3+. The van der Waals surface area contributed by atoms with Gasteiger partial charge in [0.15, 0.2) is 0 Å². The molecule has 0 amide bonds. The van der Waals surface area contributed by atoms with E-state index in [1.807, 2.05) is 0 Å². The molecule has 0 unspecified atom stereocenters. The number of carboxylic acid groups (broad SMARTS) is 1. The number of rotatable bonds is 4. The molecule has 0 aromatic heterocycles. The average molecular weight is 278 g/mol. The molecule has 0 aliphatic rings. The SMILES string of the molecule is CC(C)(/C=C/C(Cl)(Cl)C(F)(F)F)CC(=O)[O-]. The number of alkyl halides is 5. The lowest BCUT2D eigenvalue weighted by molar-refractivity contribution is -0.307. The molecular weight excluding hydrogens is 268 g/mol. The molecule has 94 valence electrons. The summed E-state index contributed by atoms with van der Waals surface area (Å²) in [7, 11) is 0. The zero-order chi connectivity index (χ0) is 13.2. The molecule has 0 radical (unpaired) electrons. The molecule has 0 saturated heterocycles. The van der Waals surface area contributed by atoms with Crippen molar-refractivity contribution in [2.75, 3.05) is 0 Å². The molecule has 0 bridgehead atoms. The summed E-state index contributed by atoms with van der Waals surface area (Å²) >= 11 is 10.1. The van der Waals surface area contributed by atoms with E-state index in [1.54, 1.807) is 0 Å². The number of carbonyl (C=O) groups is 1. The van der Waals surface area contributed by atoms with E-state index in [1.165, 1.54) is 13.8 Å². The van der Waals surface area contributed by atoms with Crippen LogP contribution in [0.5, 0.6) is 0 Å². The summed E-state index contributed by atoms with van der Waals surface area (Å²) in [6.45, 7) is 2.86. The molecule has 0 spiro atoms. The van der Waals surface area contributed by atoms with Crippen LogP contribution in [0.2, 0.25) is 0 Å². The highest BCUT2D eigenvalue weighted by Gasteiger charge is 2.50. The number of carboxylic acids is 1. The molecule has 0 rings (SSSR count). The summed E-state index contributed by atoms with van der Waals surface area (Å²) in [5.74, 6) is -1.36. The van der Waals surface area contributed by atoms with Gasteiger partial charge in [0.2, 0.25) is 4.33 Å². The molecule has 0 atom stereocenters. The van der Waals surface area contributed by atoms with Crippen molar-refractivity contribution >= 4 is 29.2 Å². The van der Waals surface area contributed by atoms with E-state index in [2.05, 4.69) is 0 Å². The second kappa shape index (κ2) is 4.84. The lowest BCUT2D eigenvalue weighted by Crippen LogP contribution is -2.33. The lowest BCUT2D eigenvalue weighted by Gasteiger charge is -2.24. The van der Waals surface area contributed by atoms with Crippen molar-refractivity contribution in [2.24, 2.45) is 5.41 Å². The lowest BCUT2D eigenvalue weighted by atomic mass is 9.89. The quantitative estimate of drug-likeness (QED) is 0.585. The fourth-order valence-electron chi connectivity index (χ4n) is 0.856. The van der Waals surface area contributed by atoms with E-state index in [0.29, 0.717) is 6.08 Å². The molecule has 0 aromatic carbocycles. The summed E-state index contributed by atoms with van der Waals surface area (Å²) < 4.78 is 33.7. The number of halogens is 5. The van der Waals surface area contributed by atoms with Gasteiger partial charge in [-0.3, -0.25) is 0 Å². The molecule has 16 heavy (non-hydrogen) atoms. The van der Waals surface area contributed by atoms with Gasteiger partial charge in [0, 0.05) is 5.97 Å². The summed E-state index contributed by atoms with van der Waals surface area (Å²) in [6, 6.07) is 0. The van der Waals surface area contributed by atoms with Crippen LogP contribution in [0.15, 0.2) is 12.2 Å². The Morgan fingerprint density at radius 3 is 2.00 bits per heavy atom. The highest BCUT2D eigenvalue weighted by molar-refractivity contribution is 6.50. The predicted octanol–water partition coefficient (Wildman–Crippen LogP) is 2.45. The fraction of sp³-hybridized carbons (Fsp3) is 0.667. The number of hydrogen-bond acceptors (Lipinski definition) is 2. The number of aliphatic carboxylic acids is 1. The topological polar surface area (TPSA) is 40.1 Å². The van der Waals surface area contributed by atoms with Gasteiger partial charge >= 0.3 is 6.18 Å². The van der Waals surface area contributed by atoms with Gasteiger partial charge in [-0.05, 0) is 17.9 Å². The summed E-state index contributed by atoms with van der Waals surface area (Å²) in [5.41, 5.74) is -1.01. The summed E-state index contributed by atoms with van der Waals surface area (Å²) in [4.78, 5) is 10.3. The van der Waals surface area contributed by atoms with Gasteiger partial charge in [-0.1, -0.05) is 43.1 Å². The maximum Gasteiger partial charge on any atom is 0.425 e. The minimum Gasteiger partial charge on any atom is -0.550 e. The van der Waals surface area contributed by atoms with Crippen LogP contribution >= 0.6 is 23.2 Å². The molecule has 0 heterocycles. The number of carbonyl (C=O) groups excluding carboxylic acids is 1. The van der Waals surface area contributed by atoms with E-state index in [9.17, 15) is 23.1 Å². The zero-order valence-corrected chi connectivity index (χ0v) is 10.1. The third-order valence-corrected chi connectivity index (χ3v) is 2.40. The average Bonchev–Trinajstić information content (AvgIpc) is 1.96. The molecule has 7 heteroatoms. The minimum absolute atomic E-state index is 0.425. The highest BCUT2D eigenvalue weighted by Crippen LogP contribution is 2.41. The normalized spacial score (nSPS) is 14.4. The van der Waals surface area contributed by atoms with Crippen LogP contribution in [0.4, 0.5) is 13.2 Å². The smallest absolute Gasteiger partial charge is 0.425 e. The molecule has 0 saturated carbocycles. The second-order valence-corrected chi connectivity index (χ2v) is 5.38. The molecule has 0 aliphatic heterocycles. The van der Waals surface area contributed by atoms with Crippen molar-refractivity contribution in [3.8, 4) is 0 Å². The first-order valence-corrected chi connectivity index (χ1v) is 4.98. The first-order valence-electron chi connectivity index (χ1n) is 4.22. The van der Waals surface area contributed by atoms with Crippen molar-refractivity contribution in [1.29, 1.82) is 0 Å². The first-order chi connectivity index (χ1) is 6.87. The van der Waals surface area contributed by atoms with E-state index in [4.69, 9.17) is 23.2 Å². The van der Waals surface area contributed by atoms with Crippen molar-refractivity contribution in [3.63, 3.8) is 0 Å². The van der Waals surface area contributed by atoms with Crippen LogP contribution in [0.3, 0.4) is 0 Å². The second-order valence-electron chi connectivity index (χ2n) is 3.99. The maximum absolute atomic E-state index is 12.2. The van der Waals surface area contributed by atoms with E-state index >= 15 is 0 Å². The maximum atomic E-state index is 12.2. The van der Waals surface area contributed by atoms with Crippen LogP contribution in [-0.2, 0) is 4.79 Å². The third kappa shape index (κ3) is 5.07. The molecule has 0 aliphatic carbocycles. The van der Waals surface area contributed by atoms with Crippen molar-refractivity contribution in [3.05, 3.63) is 12.2 Å². The molecule has 0 N–H and O–H groups in total. The zero-order valence-electron chi connectivity index (χ0n) is 8.57. The van der Waals surface area contributed by atoms with Crippen molar-refractivity contribution < 1.29 is 23.1 Å². The highest BCUT2D eigenvalue weighted by atomic mass is 35.5. The Bertz CT molecular complexity index is 296. The Hall–Kier alpha value is -0.420. The van der Waals surface area contributed by atoms with Crippen LogP contribution in [0.1, 0.15) is 20.3 Å². The van der Waals surface area contributed by atoms with E-state index in [-0.39, 0.29) is 0 Å². The van der Waals surface area contributed by atoms with Crippen molar-refractivity contribution in [2.45, 2.75) is 30.8 Å². The number of allylic oxidation sites excluding steroid dienone is 2. The third-order valence-electron chi connectivity index (χ3n) is 1.72. The molecule has 2 nitrogen and oxygen atoms in total. The Kier molecular flexibility index (Phi) is 4.71. The van der Waals surface area contributed by atoms with E-state index in [0.717, 1.165) is 6.08 Å². The monoisotopic (exact) mass is 277 g/mol. The van der Waals surface area contributed by atoms with Crippen molar-refractivity contribution in [1.82, 2.24) is 0 Å². The Morgan fingerprint density at radius 1 is 1.25 bits per heavy atom. The van der Waals surface area contributed by atoms with Gasteiger partial charge < -0.3 is 9.90 Å².